The molecular formula is C29H31Cl4N3O4S. The summed E-state index contributed by atoms with van der Waals surface area (Å²) in [5, 5.41) is 3.89. The Labute approximate surface area is 261 Å². The van der Waals surface area contributed by atoms with Gasteiger partial charge in [0.25, 0.3) is 0 Å². The number of amides is 2. The van der Waals surface area contributed by atoms with E-state index < -0.39 is 28.5 Å². The summed E-state index contributed by atoms with van der Waals surface area (Å²) >= 11 is 25.3. The highest BCUT2D eigenvalue weighted by molar-refractivity contribution is 7.92. The summed E-state index contributed by atoms with van der Waals surface area (Å²) in [6.07, 6.45) is 2.77. The van der Waals surface area contributed by atoms with Crippen LogP contribution in [0.2, 0.25) is 20.1 Å². The molecule has 0 radical (unpaired) electrons. The van der Waals surface area contributed by atoms with Gasteiger partial charge in [-0.15, -0.1) is 0 Å². The summed E-state index contributed by atoms with van der Waals surface area (Å²) in [7, 11) is -3.99. The van der Waals surface area contributed by atoms with Gasteiger partial charge in [-0.3, -0.25) is 13.9 Å². The number of carbonyl (C=O) groups excluding carboxylic acids is 2. The monoisotopic (exact) mass is 657 g/mol. The number of rotatable bonds is 13. The molecule has 0 aliphatic carbocycles. The van der Waals surface area contributed by atoms with Gasteiger partial charge in [0.15, 0.2) is 0 Å². The van der Waals surface area contributed by atoms with Crippen molar-refractivity contribution in [1.29, 1.82) is 0 Å². The predicted octanol–water partition coefficient (Wildman–Crippen LogP) is 6.62. The Morgan fingerprint density at radius 2 is 1.56 bits per heavy atom. The molecule has 7 nitrogen and oxygen atoms in total. The molecule has 3 rings (SSSR count). The van der Waals surface area contributed by atoms with Gasteiger partial charge >= 0.3 is 0 Å². The third-order valence-corrected chi connectivity index (χ3v) is 8.72. The number of hydrogen-bond acceptors (Lipinski definition) is 4. The number of nitrogens with zero attached hydrogens (tertiary/aromatic N) is 2. The SMILES string of the molecule is CCCCNC(=O)[C@H](Cc1ccccc1)N(Cc1c(Cl)cccc1Cl)C(=O)CN(c1ccc(Cl)cc1Cl)S(C)(=O)=O. The van der Waals surface area contributed by atoms with Gasteiger partial charge in [0.05, 0.1) is 17.0 Å². The topological polar surface area (TPSA) is 86.8 Å². The molecule has 0 aromatic heterocycles. The first kappa shape index (κ1) is 33.0. The summed E-state index contributed by atoms with van der Waals surface area (Å²) in [6, 6.07) is 17.5. The average Bonchev–Trinajstić information content (AvgIpc) is 2.91. The van der Waals surface area contributed by atoms with Gasteiger partial charge in [0.1, 0.15) is 12.6 Å². The maximum absolute atomic E-state index is 14.1. The molecule has 0 aliphatic heterocycles. The molecule has 12 heteroatoms. The summed E-state index contributed by atoms with van der Waals surface area (Å²) in [4.78, 5) is 29.1. The van der Waals surface area contributed by atoms with Crippen LogP contribution in [0.25, 0.3) is 0 Å². The number of carbonyl (C=O) groups is 2. The molecule has 1 N–H and O–H groups in total. The van der Waals surface area contributed by atoms with Gasteiger partial charge in [0, 0.05) is 40.1 Å². The fourth-order valence-corrected chi connectivity index (χ4v) is 6.13. The first-order valence-electron chi connectivity index (χ1n) is 12.9. The lowest BCUT2D eigenvalue weighted by Gasteiger charge is -2.34. The maximum Gasteiger partial charge on any atom is 0.244 e. The maximum atomic E-state index is 14.1. The molecule has 41 heavy (non-hydrogen) atoms. The standard InChI is InChI=1S/C29H31Cl4N3O4S/c1-3-4-15-34-29(38)27(16-20-9-6-5-7-10-20)35(18-22-23(31)11-8-12-24(22)32)28(37)19-36(41(2,39)40)26-14-13-21(30)17-25(26)33/h5-14,17,27H,3-4,15-16,18-19H2,1-2H3,(H,34,38)/t27-/m0/s1. The minimum absolute atomic E-state index is 0.0505. The molecule has 3 aromatic carbocycles. The van der Waals surface area contributed by atoms with Crippen LogP contribution in [0.5, 0.6) is 0 Å². The number of nitrogens with one attached hydrogen (secondary N) is 1. The third-order valence-electron chi connectivity index (χ3n) is 6.35. The zero-order valence-electron chi connectivity index (χ0n) is 22.6. The number of sulfonamides is 1. The van der Waals surface area contributed by atoms with Crippen LogP contribution in [0.4, 0.5) is 5.69 Å². The van der Waals surface area contributed by atoms with E-state index in [2.05, 4.69) is 5.32 Å². The van der Waals surface area contributed by atoms with Crippen molar-refractivity contribution in [3.8, 4) is 0 Å². The summed E-state index contributed by atoms with van der Waals surface area (Å²) in [6.45, 7) is 1.66. The van der Waals surface area contributed by atoms with E-state index in [1.165, 1.54) is 23.1 Å². The molecule has 0 fully saturated rings. The highest BCUT2D eigenvalue weighted by atomic mass is 35.5. The summed E-state index contributed by atoms with van der Waals surface area (Å²) in [5.41, 5.74) is 1.32. The van der Waals surface area contributed by atoms with E-state index in [4.69, 9.17) is 46.4 Å². The molecule has 0 bridgehead atoms. The molecular weight excluding hydrogens is 628 g/mol. The summed E-state index contributed by atoms with van der Waals surface area (Å²) < 4.78 is 26.7. The van der Waals surface area contributed by atoms with E-state index in [1.54, 1.807) is 18.2 Å². The Balaban J connectivity index is 2.10. The van der Waals surface area contributed by atoms with Crippen molar-refractivity contribution in [3.05, 3.63) is 97.9 Å². The number of benzene rings is 3. The molecule has 0 heterocycles. The Kier molecular flexibility index (Phi) is 12.2. The smallest absolute Gasteiger partial charge is 0.244 e. The van der Waals surface area contributed by atoms with E-state index in [0.717, 1.165) is 29.0 Å². The molecule has 3 aromatic rings. The minimum atomic E-state index is -3.99. The molecule has 2 amide bonds. The normalized spacial score (nSPS) is 12.0. The molecule has 0 saturated heterocycles. The van der Waals surface area contributed by atoms with E-state index >= 15 is 0 Å². The van der Waals surface area contributed by atoms with Crippen LogP contribution in [0, 0.1) is 0 Å². The largest absolute Gasteiger partial charge is 0.354 e. The van der Waals surface area contributed by atoms with Gasteiger partial charge < -0.3 is 10.2 Å². The Morgan fingerprint density at radius 1 is 0.902 bits per heavy atom. The van der Waals surface area contributed by atoms with Crippen molar-refractivity contribution < 1.29 is 18.0 Å². The van der Waals surface area contributed by atoms with Crippen molar-refractivity contribution in [1.82, 2.24) is 10.2 Å². The lowest BCUT2D eigenvalue weighted by molar-refractivity contribution is -0.140. The zero-order valence-corrected chi connectivity index (χ0v) is 26.5. The summed E-state index contributed by atoms with van der Waals surface area (Å²) in [5.74, 6) is -1.03. The number of anilines is 1. The molecule has 0 spiro atoms. The van der Waals surface area contributed by atoms with Crippen LogP contribution in [0.3, 0.4) is 0 Å². The van der Waals surface area contributed by atoms with Gasteiger partial charge in [-0.05, 0) is 42.3 Å². The quantitative estimate of drug-likeness (QED) is 0.209. The van der Waals surface area contributed by atoms with Crippen molar-refractivity contribution in [2.45, 2.75) is 38.8 Å². The van der Waals surface area contributed by atoms with Crippen molar-refractivity contribution in [2.24, 2.45) is 0 Å². The lowest BCUT2D eigenvalue weighted by Crippen LogP contribution is -2.53. The van der Waals surface area contributed by atoms with E-state index in [9.17, 15) is 18.0 Å². The van der Waals surface area contributed by atoms with Crippen LogP contribution >= 0.6 is 46.4 Å². The molecule has 0 aliphatic rings. The van der Waals surface area contributed by atoms with Gasteiger partial charge in [0.2, 0.25) is 21.8 Å². The second kappa shape index (κ2) is 15.1. The van der Waals surface area contributed by atoms with Crippen molar-refractivity contribution in [3.63, 3.8) is 0 Å². The number of unbranched alkanes of at least 4 members (excludes halogenated alkanes) is 1. The fourth-order valence-electron chi connectivity index (χ4n) is 4.19. The highest BCUT2D eigenvalue weighted by Crippen LogP contribution is 2.31. The number of halogens is 4. The van der Waals surface area contributed by atoms with Crippen LogP contribution < -0.4 is 9.62 Å². The lowest BCUT2D eigenvalue weighted by atomic mass is 10.0. The van der Waals surface area contributed by atoms with E-state index in [0.29, 0.717) is 27.2 Å². The predicted molar refractivity (Wildman–Crippen MR) is 168 cm³/mol. The second-order valence-corrected chi connectivity index (χ2v) is 13.0. The Morgan fingerprint density at radius 3 is 2.15 bits per heavy atom. The molecule has 0 unspecified atom stereocenters. The van der Waals surface area contributed by atoms with Crippen molar-refractivity contribution in [2.75, 3.05) is 23.7 Å². The zero-order chi connectivity index (χ0) is 30.2. The minimum Gasteiger partial charge on any atom is -0.354 e. The first-order valence-corrected chi connectivity index (χ1v) is 16.2. The van der Waals surface area contributed by atoms with E-state index in [1.807, 2.05) is 37.3 Å². The molecule has 0 saturated carbocycles. The Hall–Kier alpha value is -2.49. The van der Waals surface area contributed by atoms with Crippen molar-refractivity contribution >= 4 is 73.9 Å². The highest BCUT2D eigenvalue weighted by Gasteiger charge is 2.34. The van der Waals surface area contributed by atoms with Crippen LogP contribution in [-0.4, -0.2) is 50.5 Å². The van der Waals surface area contributed by atoms with Gasteiger partial charge in [-0.1, -0.05) is 96.1 Å². The van der Waals surface area contributed by atoms with E-state index in [-0.39, 0.29) is 29.6 Å². The fraction of sp³-hybridized carbons (Fsp3) is 0.310. The molecule has 1 atom stereocenters. The van der Waals surface area contributed by atoms with Gasteiger partial charge in [-0.25, -0.2) is 8.42 Å². The second-order valence-electron chi connectivity index (χ2n) is 9.44. The first-order chi connectivity index (χ1) is 19.4. The number of hydrogen-bond donors (Lipinski definition) is 1. The average molecular weight is 659 g/mol. The third kappa shape index (κ3) is 9.25. The Bertz CT molecular complexity index is 1450. The molecule has 220 valence electrons. The van der Waals surface area contributed by atoms with Gasteiger partial charge in [-0.2, -0.15) is 0 Å². The van der Waals surface area contributed by atoms with Crippen LogP contribution in [0.15, 0.2) is 66.7 Å². The van der Waals surface area contributed by atoms with Crippen LogP contribution in [-0.2, 0) is 32.6 Å². The van der Waals surface area contributed by atoms with Crippen LogP contribution in [0.1, 0.15) is 30.9 Å².